The van der Waals surface area contributed by atoms with Crippen LogP contribution in [0.25, 0.3) is 0 Å². The van der Waals surface area contributed by atoms with Crippen LogP contribution in [0.3, 0.4) is 0 Å². The molecule has 1 amide bonds. The Morgan fingerprint density at radius 1 is 1.41 bits per heavy atom. The molecule has 2 N–H and O–H groups in total. The number of benzene rings is 1. The standard InChI is InChI=1S/C16H22F2N2O2/c1-11(12-3-2-8-19-10-12)9-15(21)20-13-4-6-14(7-5-13)22-16(17)18/h4-7,11-12,16,19H,2-3,8-10H2,1H3,(H,20,21). The van der Waals surface area contributed by atoms with Gasteiger partial charge in [0.05, 0.1) is 0 Å². The number of anilines is 1. The Morgan fingerprint density at radius 3 is 2.73 bits per heavy atom. The number of piperidine rings is 1. The van der Waals surface area contributed by atoms with Gasteiger partial charge in [-0.15, -0.1) is 0 Å². The van der Waals surface area contributed by atoms with E-state index in [2.05, 4.69) is 22.3 Å². The number of carbonyl (C=O) groups excluding carboxylic acids is 1. The van der Waals surface area contributed by atoms with Crippen LogP contribution in [0.1, 0.15) is 26.2 Å². The first-order valence-electron chi connectivity index (χ1n) is 7.60. The highest BCUT2D eigenvalue weighted by Crippen LogP contribution is 2.23. The van der Waals surface area contributed by atoms with Gasteiger partial charge in [-0.1, -0.05) is 6.92 Å². The zero-order chi connectivity index (χ0) is 15.9. The van der Waals surface area contributed by atoms with Crippen molar-refractivity contribution in [1.82, 2.24) is 5.32 Å². The van der Waals surface area contributed by atoms with E-state index in [1.54, 1.807) is 12.1 Å². The van der Waals surface area contributed by atoms with Crippen LogP contribution in [0.2, 0.25) is 0 Å². The molecular formula is C16H22F2N2O2. The summed E-state index contributed by atoms with van der Waals surface area (Å²) in [5, 5.41) is 6.14. The van der Waals surface area contributed by atoms with Crippen molar-refractivity contribution in [1.29, 1.82) is 0 Å². The van der Waals surface area contributed by atoms with Crippen molar-refractivity contribution in [2.24, 2.45) is 11.8 Å². The molecule has 2 atom stereocenters. The van der Waals surface area contributed by atoms with Crippen molar-refractivity contribution in [3.63, 3.8) is 0 Å². The van der Waals surface area contributed by atoms with Gasteiger partial charge in [-0.05, 0) is 62.0 Å². The SMILES string of the molecule is CC(CC(=O)Nc1ccc(OC(F)F)cc1)C1CCCNC1. The molecule has 1 heterocycles. The van der Waals surface area contributed by atoms with Gasteiger partial charge in [-0.2, -0.15) is 8.78 Å². The van der Waals surface area contributed by atoms with Crippen molar-refractivity contribution in [2.45, 2.75) is 32.8 Å². The number of hydrogen-bond donors (Lipinski definition) is 2. The Morgan fingerprint density at radius 2 is 2.14 bits per heavy atom. The quantitative estimate of drug-likeness (QED) is 0.848. The molecule has 0 aliphatic carbocycles. The summed E-state index contributed by atoms with van der Waals surface area (Å²) < 4.78 is 28.4. The Hall–Kier alpha value is -1.69. The Labute approximate surface area is 129 Å². The fourth-order valence-corrected chi connectivity index (χ4v) is 2.76. The molecule has 1 saturated heterocycles. The third-order valence-electron chi connectivity index (χ3n) is 4.01. The summed E-state index contributed by atoms with van der Waals surface area (Å²) in [6.45, 7) is 1.28. The van der Waals surface area contributed by atoms with Crippen LogP contribution >= 0.6 is 0 Å². The maximum atomic E-state index is 12.1. The minimum absolute atomic E-state index is 0.0550. The third kappa shape index (κ3) is 5.26. The molecule has 22 heavy (non-hydrogen) atoms. The second-order valence-corrected chi connectivity index (χ2v) is 5.74. The van der Waals surface area contributed by atoms with E-state index in [-0.39, 0.29) is 11.7 Å². The minimum Gasteiger partial charge on any atom is -0.435 e. The van der Waals surface area contributed by atoms with Crippen LogP contribution in [-0.2, 0) is 4.79 Å². The first-order valence-corrected chi connectivity index (χ1v) is 7.60. The van der Waals surface area contributed by atoms with Crippen LogP contribution in [0.15, 0.2) is 24.3 Å². The molecular weight excluding hydrogens is 290 g/mol. The molecule has 0 bridgehead atoms. The van der Waals surface area contributed by atoms with E-state index in [9.17, 15) is 13.6 Å². The van der Waals surface area contributed by atoms with Gasteiger partial charge in [-0.25, -0.2) is 0 Å². The predicted molar refractivity (Wildman–Crippen MR) is 81.1 cm³/mol. The average Bonchev–Trinajstić information content (AvgIpc) is 2.49. The predicted octanol–water partition coefficient (Wildman–Crippen LogP) is 3.25. The molecule has 2 unspecified atom stereocenters. The first-order chi connectivity index (χ1) is 10.5. The Balaban J connectivity index is 1.80. The van der Waals surface area contributed by atoms with Gasteiger partial charge >= 0.3 is 6.61 Å². The minimum atomic E-state index is -2.84. The summed E-state index contributed by atoms with van der Waals surface area (Å²) in [6, 6.07) is 5.94. The lowest BCUT2D eigenvalue weighted by Crippen LogP contribution is -2.34. The molecule has 2 rings (SSSR count). The summed E-state index contributed by atoms with van der Waals surface area (Å²) in [5.74, 6) is 0.866. The van der Waals surface area contributed by atoms with Gasteiger partial charge < -0.3 is 15.4 Å². The van der Waals surface area contributed by atoms with Crippen LogP contribution in [0.4, 0.5) is 14.5 Å². The van der Waals surface area contributed by atoms with Crippen LogP contribution in [0, 0.1) is 11.8 Å². The summed E-state index contributed by atoms with van der Waals surface area (Å²) in [7, 11) is 0. The molecule has 1 aromatic rings. The van der Waals surface area contributed by atoms with E-state index in [0.717, 1.165) is 25.9 Å². The van der Waals surface area contributed by atoms with Gasteiger partial charge in [0.15, 0.2) is 0 Å². The molecule has 0 saturated carbocycles. The zero-order valence-corrected chi connectivity index (χ0v) is 12.6. The van der Waals surface area contributed by atoms with Gasteiger partial charge in [0.1, 0.15) is 5.75 Å². The zero-order valence-electron chi connectivity index (χ0n) is 12.6. The Bertz CT molecular complexity index is 474. The first kappa shape index (κ1) is 16.7. The van der Waals surface area contributed by atoms with Crippen LogP contribution < -0.4 is 15.4 Å². The molecule has 1 aliphatic rings. The molecule has 1 fully saturated rings. The van der Waals surface area contributed by atoms with Crippen molar-refractivity contribution >= 4 is 11.6 Å². The lowest BCUT2D eigenvalue weighted by Gasteiger charge is -2.28. The van der Waals surface area contributed by atoms with E-state index >= 15 is 0 Å². The average molecular weight is 312 g/mol. The van der Waals surface area contributed by atoms with Gasteiger partial charge in [0.25, 0.3) is 0 Å². The number of halogens is 2. The maximum absolute atomic E-state index is 12.1. The highest BCUT2D eigenvalue weighted by Gasteiger charge is 2.22. The fourth-order valence-electron chi connectivity index (χ4n) is 2.76. The van der Waals surface area contributed by atoms with Crippen molar-refractivity contribution in [2.75, 3.05) is 18.4 Å². The smallest absolute Gasteiger partial charge is 0.387 e. The number of hydrogen-bond acceptors (Lipinski definition) is 3. The van der Waals surface area contributed by atoms with E-state index in [4.69, 9.17) is 0 Å². The molecule has 1 aromatic carbocycles. The monoisotopic (exact) mass is 312 g/mol. The number of amides is 1. The summed E-state index contributed by atoms with van der Waals surface area (Å²) in [4.78, 5) is 12.0. The lowest BCUT2D eigenvalue weighted by molar-refractivity contribution is -0.117. The second kappa shape index (κ2) is 8.08. The maximum Gasteiger partial charge on any atom is 0.387 e. The molecule has 1 aliphatic heterocycles. The highest BCUT2D eigenvalue weighted by molar-refractivity contribution is 5.90. The van der Waals surface area contributed by atoms with Gasteiger partial charge in [-0.3, -0.25) is 4.79 Å². The number of nitrogens with one attached hydrogen (secondary N) is 2. The van der Waals surface area contributed by atoms with Crippen molar-refractivity contribution in [3.05, 3.63) is 24.3 Å². The molecule has 4 nitrogen and oxygen atoms in total. The fraction of sp³-hybridized carbons (Fsp3) is 0.562. The second-order valence-electron chi connectivity index (χ2n) is 5.74. The molecule has 0 aromatic heterocycles. The van der Waals surface area contributed by atoms with Gasteiger partial charge in [0, 0.05) is 12.1 Å². The third-order valence-corrected chi connectivity index (χ3v) is 4.01. The summed E-state index contributed by atoms with van der Waals surface area (Å²) >= 11 is 0. The normalized spacial score (nSPS) is 19.7. The molecule has 122 valence electrons. The van der Waals surface area contributed by atoms with E-state index < -0.39 is 6.61 Å². The largest absolute Gasteiger partial charge is 0.435 e. The van der Waals surface area contributed by atoms with Gasteiger partial charge in [0.2, 0.25) is 5.91 Å². The highest BCUT2D eigenvalue weighted by atomic mass is 19.3. The lowest BCUT2D eigenvalue weighted by atomic mass is 9.85. The van der Waals surface area contributed by atoms with Crippen molar-refractivity contribution in [3.8, 4) is 5.75 Å². The van der Waals surface area contributed by atoms with Crippen LogP contribution in [-0.4, -0.2) is 25.6 Å². The number of carbonyl (C=O) groups is 1. The van der Waals surface area contributed by atoms with E-state index in [1.165, 1.54) is 12.1 Å². The number of rotatable bonds is 6. The number of ether oxygens (including phenoxy) is 1. The Kier molecular flexibility index (Phi) is 6.12. The van der Waals surface area contributed by atoms with Crippen molar-refractivity contribution < 1.29 is 18.3 Å². The summed E-state index contributed by atoms with van der Waals surface area (Å²) in [6.07, 6.45) is 2.77. The molecule has 6 heteroatoms. The topological polar surface area (TPSA) is 50.4 Å². The summed E-state index contributed by atoms with van der Waals surface area (Å²) in [5.41, 5.74) is 0.584. The number of alkyl halides is 2. The van der Waals surface area contributed by atoms with E-state index in [1.807, 2.05) is 0 Å². The van der Waals surface area contributed by atoms with E-state index in [0.29, 0.717) is 23.9 Å². The van der Waals surface area contributed by atoms with Crippen LogP contribution in [0.5, 0.6) is 5.75 Å². The molecule has 0 spiro atoms. The molecule has 0 radical (unpaired) electrons.